The molecule has 0 saturated heterocycles. The van der Waals surface area contributed by atoms with Crippen LogP contribution in [0.25, 0.3) is 0 Å². The van der Waals surface area contributed by atoms with Gasteiger partial charge in [0.1, 0.15) is 0 Å². The van der Waals surface area contributed by atoms with Crippen molar-refractivity contribution >= 4 is 23.4 Å². The van der Waals surface area contributed by atoms with Crippen molar-refractivity contribution in [1.29, 1.82) is 0 Å². The van der Waals surface area contributed by atoms with Crippen molar-refractivity contribution < 1.29 is 0 Å². The maximum atomic E-state index is 2.38. The largest absolute Gasteiger partial charge is 0.108 e. The van der Waals surface area contributed by atoms with Crippen molar-refractivity contribution in [2.45, 2.75) is 52.1 Å². The van der Waals surface area contributed by atoms with E-state index >= 15 is 0 Å². The van der Waals surface area contributed by atoms with Gasteiger partial charge in [0, 0.05) is 9.52 Å². The molecule has 2 heteroatoms. The van der Waals surface area contributed by atoms with Gasteiger partial charge in [-0.2, -0.15) is 0 Å². The summed E-state index contributed by atoms with van der Waals surface area (Å²) in [6.07, 6.45) is 1.37. The van der Waals surface area contributed by atoms with E-state index in [-0.39, 0.29) is 9.52 Å². The second-order valence-corrected chi connectivity index (χ2v) is 10.3. The van der Waals surface area contributed by atoms with Gasteiger partial charge in [-0.3, -0.25) is 0 Å². The summed E-state index contributed by atoms with van der Waals surface area (Å²) in [4.78, 5) is 1.97. The summed E-state index contributed by atoms with van der Waals surface area (Å²) in [7, 11) is 0.844. The van der Waals surface area contributed by atoms with Gasteiger partial charge >= 0.3 is 0 Å². The van der Waals surface area contributed by atoms with E-state index in [0.717, 1.165) is 11.1 Å². The molecule has 0 N–H and O–H groups in total. The molecule has 0 aliphatic heterocycles. The Morgan fingerprint density at radius 3 is 2.09 bits per heavy atom. The molecular formula is C9H22Si2. The summed E-state index contributed by atoms with van der Waals surface area (Å²) in [5.74, 6) is 0. The minimum atomic E-state index is 0.171. The molecule has 0 nitrogen and oxygen atoms in total. The molecule has 0 saturated carbocycles. The van der Waals surface area contributed by atoms with Gasteiger partial charge in [-0.15, -0.1) is 4.79 Å². The van der Waals surface area contributed by atoms with E-state index in [2.05, 4.69) is 34.6 Å². The lowest BCUT2D eigenvalue weighted by Gasteiger charge is -2.08. The summed E-state index contributed by atoms with van der Waals surface area (Å²) in [6.45, 7) is 11.8. The van der Waals surface area contributed by atoms with Gasteiger partial charge in [0.05, 0.1) is 0 Å². The van der Waals surface area contributed by atoms with Gasteiger partial charge in [-0.05, 0) is 21.1 Å². The summed E-state index contributed by atoms with van der Waals surface area (Å²) in [5.41, 5.74) is 1.95. The Balaban J connectivity index is 3.94. The van der Waals surface area contributed by atoms with Crippen LogP contribution in [0.1, 0.15) is 41.0 Å². The van der Waals surface area contributed by atoms with Crippen LogP contribution in [0.2, 0.25) is 11.1 Å². The molecule has 0 radical (unpaired) electrons. The average molecular weight is 186 g/mol. The van der Waals surface area contributed by atoms with Gasteiger partial charge in [0.25, 0.3) is 0 Å². The topological polar surface area (TPSA) is 0 Å². The van der Waals surface area contributed by atoms with Crippen molar-refractivity contribution in [1.82, 2.24) is 0 Å². The molecule has 11 heavy (non-hydrogen) atoms. The maximum absolute atomic E-state index is 2.38. The zero-order chi connectivity index (χ0) is 8.85. The van der Waals surface area contributed by atoms with E-state index in [0.29, 0.717) is 9.13 Å². The van der Waals surface area contributed by atoms with Crippen molar-refractivity contribution in [2.24, 2.45) is 0 Å². The first-order chi connectivity index (χ1) is 5.06. The van der Waals surface area contributed by atoms with Gasteiger partial charge in [-0.25, -0.2) is 0 Å². The second kappa shape index (κ2) is 5.89. The molecule has 0 rings (SSSR count). The fourth-order valence-electron chi connectivity index (χ4n) is 1.33. The fourth-order valence-corrected chi connectivity index (χ4v) is 7.21. The Hall–Kier alpha value is 0.304. The zero-order valence-electron chi connectivity index (χ0n) is 8.65. The van der Waals surface area contributed by atoms with Crippen LogP contribution in [-0.4, -0.2) is 23.4 Å². The highest BCUT2D eigenvalue weighted by atomic mass is 28.2. The lowest BCUT2D eigenvalue weighted by Crippen LogP contribution is -2.16. The number of hydrogen-bond acceptors (Lipinski definition) is 0. The molecule has 0 fully saturated rings. The highest BCUT2D eigenvalue weighted by Crippen LogP contribution is 2.01. The first-order valence-corrected chi connectivity index (χ1v) is 7.52. The Kier molecular flexibility index (Phi) is 6.05. The van der Waals surface area contributed by atoms with E-state index in [1.165, 1.54) is 6.42 Å². The van der Waals surface area contributed by atoms with Gasteiger partial charge in [0.2, 0.25) is 0 Å². The van der Waals surface area contributed by atoms with Crippen molar-refractivity contribution in [3.63, 3.8) is 0 Å². The SMILES string of the molecule is CCC(=[SiH]C(C)C)[SiH2]C(C)C. The lowest BCUT2D eigenvalue weighted by atomic mass is 10.5. The third kappa shape index (κ3) is 6.69. The molecule has 0 aromatic rings. The van der Waals surface area contributed by atoms with Crippen LogP contribution >= 0.6 is 0 Å². The lowest BCUT2D eigenvalue weighted by molar-refractivity contribution is 1.06. The Morgan fingerprint density at radius 1 is 1.27 bits per heavy atom. The van der Waals surface area contributed by atoms with Crippen LogP contribution in [0.4, 0.5) is 0 Å². The zero-order valence-corrected chi connectivity index (χ0v) is 11.2. The van der Waals surface area contributed by atoms with E-state index in [1.54, 1.807) is 0 Å². The predicted molar refractivity (Wildman–Crippen MR) is 61.2 cm³/mol. The highest BCUT2D eigenvalue weighted by Gasteiger charge is 2.00. The number of rotatable bonds is 4. The van der Waals surface area contributed by atoms with Crippen molar-refractivity contribution in [3.8, 4) is 0 Å². The van der Waals surface area contributed by atoms with Crippen LogP contribution in [0, 0.1) is 0 Å². The summed E-state index contributed by atoms with van der Waals surface area (Å²) in [5, 5.41) is 0. The molecular weight excluding hydrogens is 164 g/mol. The normalized spacial score (nSPS) is 14.3. The quantitative estimate of drug-likeness (QED) is 0.587. The van der Waals surface area contributed by atoms with Gasteiger partial charge in [-0.1, -0.05) is 40.2 Å². The molecule has 0 spiro atoms. The van der Waals surface area contributed by atoms with Gasteiger partial charge in [0.15, 0.2) is 0 Å². The van der Waals surface area contributed by atoms with Gasteiger partial charge < -0.3 is 0 Å². The molecule has 0 atom stereocenters. The Labute approximate surface area is 76.0 Å². The Bertz CT molecular complexity index is 126. The van der Waals surface area contributed by atoms with E-state index in [9.17, 15) is 0 Å². The van der Waals surface area contributed by atoms with Crippen LogP contribution in [0.3, 0.4) is 0 Å². The smallest absolute Gasteiger partial charge is 0.0459 e. The van der Waals surface area contributed by atoms with Crippen LogP contribution in [-0.2, 0) is 0 Å². The van der Waals surface area contributed by atoms with Crippen LogP contribution < -0.4 is 0 Å². The Morgan fingerprint density at radius 2 is 1.82 bits per heavy atom. The van der Waals surface area contributed by atoms with Crippen LogP contribution in [0.15, 0.2) is 0 Å². The number of hydrogen-bond donors (Lipinski definition) is 0. The molecule has 0 unspecified atom stereocenters. The third-order valence-electron chi connectivity index (χ3n) is 1.69. The molecule has 0 bridgehead atoms. The van der Waals surface area contributed by atoms with Crippen LogP contribution in [0.5, 0.6) is 0 Å². The molecule has 0 aliphatic carbocycles. The predicted octanol–water partition coefficient (Wildman–Crippen LogP) is 1.79. The molecule has 66 valence electrons. The summed E-state index contributed by atoms with van der Waals surface area (Å²) < 4.78 is 0. The fraction of sp³-hybridized carbons (Fsp3) is 0.889. The highest BCUT2D eigenvalue weighted by molar-refractivity contribution is 6.92. The molecule has 0 aromatic heterocycles. The monoisotopic (exact) mass is 186 g/mol. The average Bonchev–Trinajstić information content (AvgIpc) is 1.84. The van der Waals surface area contributed by atoms with E-state index < -0.39 is 0 Å². The minimum absolute atomic E-state index is 0.171. The first-order valence-electron chi connectivity index (χ1n) is 4.75. The first kappa shape index (κ1) is 11.3. The standard InChI is InChI=1S/C9H22Si2/c1-6-9(10-7(2)3)11-8(4)5/h7-8,10H,6,11H2,1-5H3. The summed E-state index contributed by atoms with van der Waals surface area (Å²) in [6, 6.07) is 0. The van der Waals surface area contributed by atoms with Crippen molar-refractivity contribution in [3.05, 3.63) is 0 Å². The molecule has 0 aromatic carbocycles. The summed E-state index contributed by atoms with van der Waals surface area (Å²) >= 11 is 0. The van der Waals surface area contributed by atoms with Crippen molar-refractivity contribution in [2.75, 3.05) is 0 Å². The molecule has 0 amide bonds. The van der Waals surface area contributed by atoms with E-state index in [1.807, 2.05) is 4.79 Å². The second-order valence-electron chi connectivity index (χ2n) is 4.02. The molecule has 0 aliphatic rings. The maximum Gasteiger partial charge on any atom is 0.0459 e. The van der Waals surface area contributed by atoms with E-state index in [4.69, 9.17) is 0 Å². The molecule has 0 heterocycles. The minimum Gasteiger partial charge on any atom is -0.108 e. The third-order valence-corrected chi connectivity index (χ3v) is 6.50.